The normalized spacial score (nSPS) is 20.4. The van der Waals surface area contributed by atoms with Gasteiger partial charge in [-0.3, -0.25) is 0 Å². The highest BCUT2D eigenvalue weighted by Crippen LogP contribution is 2.26. The van der Waals surface area contributed by atoms with Crippen molar-refractivity contribution in [2.45, 2.75) is 38.6 Å². The second-order valence-electron chi connectivity index (χ2n) is 5.01. The number of rotatable bonds is 3. The molecular formula is C14H20N4. The van der Waals surface area contributed by atoms with Crippen LogP contribution in [0.2, 0.25) is 0 Å². The summed E-state index contributed by atoms with van der Waals surface area (Å²) in [5, 5.41) is 3.47. The molecule has 1 fully saturated rings. The Morgan fingerprint density at radius 3 is 3.22 bits per heavy atom. The maximum absolute atomic E-state index is 4.82. The van der Waals surface area contributed by atoms with Crippen LogP contribution in [0.15, 0.2) is 18.3 Å². The fourth-order valence-corrected chi connectivity index (χ4v) is 2.80. The Hall–Kier alpha value is -1.42. The van der Waals surface area contributed by atoms with Gasteiger partial charge in [-0.1, -0.05) is 6.92 Å². The van der Waals surface area contributed by atoms with Gasteiger partial charge >= 0.3 is 0 Å². The Kier molecular flexibility index (Phi) is 3.28. The van der Waals surface area contributed by atoms with Crippen LogP contribution in [0.5, 0.6) is 0 Å². The van der Waals surface area contributed by atoms with Crippen LogP contribution in [0.4, 0.5) is 0 Å². The minimum Gasteiger partial charge on any atom is -0.316 e. The van der Waals surface area contributed by atoms with Crippen LogP contribution in [0.3, 0.4) is 0 Å². The number of aryl methyl sites for hydroxylation is 1. The quantitative estimate of drug-likeness (QED) is 0.901. The second-order valence-corrected chi connectivity index (χ2v) is 5.01. The third-order valence-corrected chi connectivity index (χ3v) is 3.64. The first kappa shape index (κ1) is 11.7. The molecule has 1 unspecified atom stereocenters. The zero-order valence-corrected chi connectivity index (χ0v) is 10.9. The molecule has 0 radical (unpaired) electrons. The molecule has 2 aromatic rings. The van der Waals surface area contributed by atoms with E-state index in [9.17, 15) is 0 Å². The molecule has 0 amide bonds. The van der Waals surface area contributed by atoms with Gasteiger partial charge < -0.3 is 9.88 Å². The number of imidazole rings is 1. The lowest BCUT2D eigenvalue weighted by Gasteiger charge is -2.23. The highest BCUT2D eigenvalue weighted by Gasteiger charge is 2.22. The van der Waals surface area contributed by atoms with Gasteiger partial charge in [0.05, 0.1) is 0 Å². The van der Waals surface area contributed by atoms with Crippen LogP contribution in [0, 0.1) is 0 Å². The number of pyridine rings is 1. The van der Waals surface area contributed by atoms with Gasteiger partial charge in [-0.05, 0) is 37.9 Å². The highest BCUT2D eigenvalue weighted by molar-refractivity contribution is 5.71. The van der Waals surface area contributed by atoms with Crippen LogP contribution in [-0.4, -0.2) is 27.6 Å². The Morgan fingerprint density at radius 1 is 1.50 bits per heavy atom. The largest absolute Gasteiger partial charge is 0.316 e. The summed E-state index contributed by atoms with van der Waals surface area (Å²) in [7, 11) is 0. The topological polar surface area (TPSA) is 42.7 Å². The number of hydrogen-bond donors (Lipinski definition) is 1. The van der Waals surface area contributed by atoms with E-state index in [1.807, 2.05) is 12.3 Å². The van der Waals surface area contributed by atoms with E-state index in [0.717, 1.165) is 37.2 Å². The Morgan fingerprint density at radius 2 is 2.44 bits per heavy atom. The summed E-state index contributed by atoms with van der Waals surface area (Å²) in [6, 6.07) is 4.03. The molecule has 0 aliphatic carbocycles. The van der Waals surface area contributed by atoms with E-state index in [1.165, 1.54) is 18.7 Å². The van der Waals surface area contributed by atoms with Crippen LogP contribution >= 0.6 is 0 Å². The van der Waals surface area contributed by atoms with Crippen molar-refractivity contribution < 1.29 is 0 Å². The number of piperidine rings is 1. The molecule has 0 aromatic carbocycles. The third kappa shape index (κ3) is 2.01. The first-order valence-electron chi connectivity index (χ1n) is 6.92. The average molecular weight is 244 g/mol. The SMILES string of the molecule is CCCn1c(C2CCCNC2)nc2cccnc21. The number of nitrogens with one attached hydrogen (secondary N) is 1. The Balaban J connectivity index is 2.05. The fraction of sp³-hybridized carbons (Fsp3) is 0.571. The third-order valence-electron chi connectivity index (χ3n) is 3.64. The van der Waals surface area contributed by atoms with E-state index in [-0.39, 0.29) is 0 Å². The van der Waals surface area contributed by atoms with E-state index >= 15 is 0 Å². The van der Waals surface area contributed by atoms with Gasteiger partial charge in [0.25, 0.3) is 0 Å². The molecular weight excluding hydrogens is 224 g/mol. The summed E-state index contributed by atoms with van der Waals surface area (Å²) in [6.07, 6.45) is 5.46. The monoisotopic (exact) mass is 244 g/mol. The van der Waals surface area contributed by atoms with Gasteiger partial charge in [-0.15, -0.1) is 0 Å². The van der Waals surface area contributed by atoms with Gasteiger partial charge in [-0.25, -0.2) is 9.97 Å². The number of hydrogen-bond acceptors (Lipinski definition) is 3. The molecule has 0 saturated carbocycles. The molecule has 1 N–H and O–H groups in total. The molecule has 18 heavy (non-hydrogen) atoms. The van der Waals surface area contributed by atoms with E-state index in [2.05, 4.69) is 27.9 Å². The van der Waals surface area contributed by atoms with E-state index in [4.69, 9.17) is 4.98 Å². The number of nitrogens with zero attached hydrogens (tertiary/aromatic N) is 3. The number of aromatic nitrogens is 3. The zero-order chi connectivity index (χ0) is 12.4. The smallest absolute Gasteiger partial charge is 0.159 e. The summed E-state index contributed by atoms with van der Waals surface area (Å²) >= 11 is 0. The molecule has 3 rings (SSSR count). The first-order chi connectivity index (χ1) is 8.90. The summed E-state index contributed by atoms with van der Waals surface area (Å²) in [4.78, 5) is 9.31. The molecule has 4 heteroatoms. The zero-order valence-electron chi connectivity index (χ0n) is 10.9. The van der Waals surface area contributed by atoms with Crippen LogP contribution in [0.25, 0.3) is 11.2 Å². The maximum atomic E-state index is 4.82. The summed E-state index contributed by atoms with van der Waals surface area (Å²) in [5.74, 6) is 1.76. The maximum Gasteiger partial charge on any atom is 0.159 e. The molecule has 0 bridgehead atoms. The van der Waals surface area contributed by atoms with E-state index < -0.39 is 0 Å². The average Bonchev–Trinajstić information content (AvgIpc) is 2.80. The molecule has 1 atom stereocenters. The van der Waals surface area contributed by atoms with Gasteiger partial charge in [-0.2, -0.15) is 0 Å². The molecule has 96 valence electrons. The lowest BCUT2D eigenvalue weighted by Crippen LogP contribution is -2.30. The van der Waals surface area contributed by atoms with E-state index in [0.29, 0.717) is 5.92 Å². The fourth-order valence-electron chi connectivity index (χ4n) is 2.80. The summed E-state index contributed by atoms with van der Waals surface area (Å²) in [6.45, 7) is 5.41. The van der Waals surface area contributed by atoms with Gasteiger partial charge in [0.1, 0.15) is 11.3 Å². The van der Waals surface area contributed by atoms with Crippen LogP contribution in [-0.2, 0) is 6.54 Å². The molecule has 1 aliphatic rings. The highest BCUT2D eigenvalue weighted by atomic mass is 15.1. The molecule has 0 spiro atoms. The lowest BCUT2D eigenvalue weighted by atomic mass is 9.99. The van der Waals surface area contributed by atoms with E-state index in [1.54, 1.807) is 0 Å². The molecule has 1 saturated heterocycles. The van der Waals surface area contributed by atoms with Gasteiger partial charge in [0, 0.05) is 25.2 Å². The standard InChI is InChI=1S/C14H20N4/c1-2-9-18-13(11-5-3-7-15-10-11)17-12-6-4-8-16-14(12)18/h4,6,8,11,15H,2-3,5,7,9-10H2,1H3. The van der Waals surface area contributed by atoms with Crippen molar-refractivity contribution in [2.75, 3.05) is 13.1 Å². The Bertz CT molecular complexity index is 526. The van der Waals surface area contributed by atoms with Crippen molar-refractivity contribution >= 4 is 11.2 Å². The molecule has 2 aromatic heterocycles. The van der Waals surface area contributed by atoms with Crippen LogP contribution in [0.1, 0.15) is 37.9 Å². The number of fused-ring (bicyclic) bond motifs is 1. The lowest BCUT2D eigenvalue weighted by molar-refractivity contribution is 0.433. The van der Waals surface area contributed by atoms with Crippen molar-refractivity contribution in [2.24, 2.45) is 0 Å². The first-order valence-corrected chi connectivity index (χ1v) is 6.92. The van der Waals surface area contributed by atoms with Crippen molar-refractivity contribution in [3.63, 3.8) is 0 Å². The minimum absolute atomic E-state index is 0.541. The predicted octanol–water partition coefficient (Wildman–Crippen LogP) is 2.31. The second kappa shape index (κ2) is 5.06. The van der Waals surface area contributed by atoms with Crippen molar-refractivity contribution in [3.8, 4) is 0 Å². The van der Waals surface area contributed by atoms with Crippen LogP contribution < -0.4 is 5.32 Å². The predicted molar refractivity (Wildman–Crippen MR) is 72.7 cm³/mol. The van der Waals surface area contributed by atoms with Crippen molar-refractivity contribution in [3.05, 3.63) is 24.2 Å². The van der Waals surface area contributed by atoms with Gasteiger partial charge in [0.15, 0.2) is 5.65 Å². The van der Waals surface area contributed by atoms with Gasteiger partial charge in [0.2, 0.25) is 0 Å². The summed E-state index contributed by atoms with van der Waals surface area (Å²) in [5.41, 5.74) is 2.08. The molecule has 4 nitrogen and oxygen atoms in total. The molecule has 1 aliphatic heterocycles. The summed E-state index contributed by atoms with van der Waals surface area (Å²) < 4.78 is 2.31. The van der Waals surface area contributed by atoms with Crippen molar-refractivity contribution in [1.29, 1.82) is 0 Å². The minimum atomic E-state index is 0.541. The van der Waals surface area contributed by atoms with Crippen molar-refractivity contribution in [1.82, 2.24) is 19.9 Å². The molecule has 3 heterocycles. The Labute approximate surface area is 107 Å².